The van der Waals surface area contributed by atoms with E-state index in [-0.39, 0.29) is 17.5 Å². The van der Waals surface area contributed by atoms with E-state index < -0.39 is 0 Å². The maximum Gasteiger partial charge on any atom is 0.262 e. The van der Waals surface area contributed by atoms with E-state index in [0.717, 1.165) is 0 Å². The molecule has 0 saturated heterocycles. The van der Waals surface area contributed by atoms with E-state index in [1.165, 1.54) is 11.8 Å². The van der Waals surface area contributed by atoms with Gasteiger partial charge in [0.05, 0.1) is 16.7 Å². The van der Waals surface area contributed by atoms with Gasteiger partial charge in [-0.2, -0.15) is 15.0 Å². The zero-order valence-corrected chi connectivity index (χ0v) is 14.8. The molecule has 3 rings (SSSR count). The van der Waals surface area contributed by atoms with E-state index >= 15 is 0 Å². The van der Waals surface area contributed by atoms with Crippen LogP contribution in [0.25, 0.3) is 10.9 Å². The zero-order chi connectivity index (χ0) is 18.0. The lowest BCUT2D eigenvalue weighted by Gasteiger charge is -2.14. The van der Waals surface area contributed by atoms with E-state index in [4.69, 9.17) is 11.5 Å². The van der Waals surface area contributed by atoms with Gasteiger partial charge < -0.3 is 11.5 Å². The molecule has 0 aliphatic heterocycles. The number of thioether (sulfide) groups is 1. The SMILES string of the molecule is CC(C)Cn1c(SCc2nc(N)nc(N)n2)nc2ccccc2c1=O. The smallest absolute Gasteiger partial charge is 0.262 e. The maximum absolute atomic E-state index is 12.8. The first-order valence-electron chi connectivity index (χ1n) is 7.82. The molecular formula is C16H19N7OS. The summed E-state index contributed by atoms with van der Waals surface area (Å²) < 4.78 is 1.70. The van der Waals surface area contributed by atoms with E-state index in [9.17, 15) is 4.79 Å². The van der Waals surface area contributed by atoms with Gasteiger partial charge in [0, 0.05) is 6.54 Å². The Kier molecular flexibility index (Phi) is 4.84. The van der Waals surface area contributed by atoms with Crippen molar-refractivity contribution in [1.82, 2.24) is 24.5 Å². The van der Waals surface area contributed by atoms with Gasteiger partial charge in [-0.05, 0) is 18.1 Å². The lowest BCUT2D eigenvalue weighted by atomic mass is 10.2. The molecule has 0 aliphatic rings. The maximum atomic E-state index is 12.8. The average molecular weight is 357 g/mol. The van der Waals surface area contributed by atoms with Gasteiger partial charge in [-0.15, -0.1) is 0 Å². The highest BCUT2D eigenvalue weighted by Gasteiger charge is 2.13. The van der Waals surface area contributed by atoms with Crippen LogP contribution >= 0.6 is 11.8 Å². The number of hydrogen-bond acceptors (Lipinski definition) is 8. The molecule has 0 amide bonds. The van der Waals surface area contributed by atoms with Crippen LogP contribution in [0.2, 0.25) is 0 Å². The van der Waals surface area contributed by atoms with Gasteiger partial charge in [0.15, 0.2) is 5.16 Å². The lowest BCUT2D eigenvalue weighted by molar-refractivity contribution is 0.475. The minimum absolute atomic E-state index is 0.0449. The zero-order valence-electron chi connectivity index (χ0n) is 14.0. The predicted octanol–water partition coefficient (Wildman–Crippen LogP) is 1.69. The largest absolute Gasteiger partial charge is 0.368 e. The number of fused-ring (bicyclic) bond motifs is 1. The summed E-state index contributed by atoms with van der Waals surface area (Å²) in [6.07, 6.45) is 0. The normalized spacial score (nSPS) is 11.3. The third-order valence-electron chi connectivity index (χ3n) is 3.42. The standard InChI is InChI=1S/C16H19N7OS/c1-9(2)7-23-13(24)10-5-3-4-6-11(10)19-16(23)25-8-12-20-14(17)22-15(18)21-12/h3-6,9H,7-8H2,1-2H3,(H4,17,18,20,21,22). The molecule has 25 heavy (non-hydrogen) atoms. The molecule has 2 heterocycles. The van der Waals surface area contributed by atoms with Crippen molar-refractivity contribution >= 4 is 34.6 Å². The minimum atomic E-state index is -0.0449. The Bertz CT molecular complexity index is 950. The van der Waals surface area contributed by atoms with Crippen molar-refractivity contribution < 1.29 is 0 Å². The van der Waals surface area contributed by atoms with E-state index in [1.807, 2.05) is 18.2 Å². The molecule has 2 aromatic heterocycles. The summed E-state index contributed by atoms with van der Waals surface area (Å²) in [7, 11) is 0. The molecule has 3 aromatic rings. The number of hydrogen-bond donors (Lipinski definition) is 2. The van der Waals surface area contributed by atoms with Gasteiger partial charge in [0.2, 0.25) is 11.9 Å². The molecule has 0 radical (unpaired) electrons. The molecule has 0 atom stereocenters. The van der Waals surface area contributed by atoms with E-state index in [2.05, 4.69) is 33.8 Å². The lowest BCUT2D eigenvalue weighted by Crippen LogP contribution is -2.25. The fourth-order valence-electron chi connectivity index (χ4n) is 2.43. The van der Waals surface area contributed by atoms with Gasteiger partial charge in [-0.3, -0.25) is 9.36 Å². The van der Waals surface area contributed by atoms with Gasteiger partial charge in [0.1, 0.15) is 5.82 Å². The van der Waals surface area contributed by atoms with Crippen molar-refractivity contribution in [2.24, 2.45) is 5.92 Å². The molecule has 0 bridgehead atoms. The number of para-hydroxylation sites is 1. The molecule has 0 aliphatic carbocycles. The number of benzene rings is 1. The highest BCUT2D eigenvalue weighted by Crippen LogP contribution is 2.22. The van der Waals surface area contributed by atoms with Gasteiger partial charge in [-0.1, -0.05) is 37.7 Å². The summed E-state index contributed by atoms with van der Waals surface area (Å²) in [5.74, 6) is 1.31. The highest BCUT2D eigenvalue weighted by atomic mass is 32.2. The summed E-state index contributed by atoms with van der Waals surface area (Å²) in [5.41, 5.74) is 11.8. The summed E-state index contributed by atoms with van der Waals surface area (Å²) in [6, 6.07) is 7.33. The Morgan fingerprint density at radius 2 is 1.76 bits per heavy atom. The number of nitrogens with two attached hydrogens (primary N) is 2. The molecule has 4 N–H and O–H groups in total. The molecule has 9 heteroatoms. The first-order chi connectivity index (χ1) is 11.9. The molecule has 1 aromatic carbocycles. The van der Waals surface area contributed by atoms with Crippen molar-refractivity contribution in [2.45, 2.75) is 31.3 Å². The Labute approximate surface area is 148 Å². The molecule has 0 spiro atoms. The van der Waals surface area contributed by atoms with Crippen LogP contribution in [0.15, 0.2) is 34.2 Å². The number of aromatic nitrogens is 5. The van der Waals surface area contributed by atoms with Gasteiger partial charge in [0.25, 0.3) is 5.56 Å². The monoisotopic (exact) mass is 357 g/mol. The van der Waals surface area contributed by atoms with Crippen LogP contribution in [-0.2, 0) is 12.3 Å². The third-order valence-corrected chi connectivity index (χ3v) is 4.39. The summed E-state index contributed by atoms with van der Waals surface area (Å²) in [6.45, 7) is 4.70. The number of nitrogen functional groups attached to an aromatic ring is 2. The summed E-state index contributed by atoms with van der Waals surface area (Å²) >= 11 is 1.38. The van der Waals surface area contributed by atoms with Crippen molar-refractivity contribution in [1.29, 1.82) is 0 Å². The second kappa shape index (κ2) is 7.06. The first-order valence-corrected chi connectivity index (χ1v) is 8.81. The van der Waals surface area contributed by atoms with Crippen LogP contribution in [0, 0.1) is 5.92 Å². The third kappa shape index (κ3) is 3.87. The van der Waals surface area contributed by atoms with Crippen molar-refractivity contribution in [3.05, 3.63) is 40.4 Å². The van der Waals surface area contributed by atoms with Crippen molar-refractivity contribution in [3.8, 4) is 0 Å². The van der Waals surface area contributed by atoms with Crippen LogP contribution < -0.4 is 17.0 Å². The Morgan fingerprint density at radius 3 is 2.44 bits per heavy atom. The minimum Gasteiger partial charge on any atom is -0.368 e. The summed E-state index contributed by atoms with van der Waals surface area (Å²) in [5, 5.41) is 1.23. The molecular weight excluding hydrogens is 338 g/mol. The van der Waals surface area contributed by atoms with E-state index in [0.29, 0.717) is 40.1 Å². The Balaban J connectivity index is 2.00. The second-order valence-corrected chi connectivity index (χ2v) is 6.92. The second-order valence-electron chi connectivity index (χ2n) is 5.98. The number of rotatable bonds is 5. The molecule has 0 unspecified atom stereocenters. The average Bonchev–Trinajstić information content (AvgIpc) is 2.55. The van der Waals surface area contributed by atoms with Crippen molar-refractivity contribution in [3.63, 3.8) is 0 Å². The fraction of sp³-hybridized carbons (Fsp3) is 0.312. The quantitative estimate of drug-likeness (QED) is 0.522. The molecule has 8 nitrogen and oxygen atoms in total. The van der Waals surface area contributed by atoms with Crippen LogP contribution in [0.4, 0.5) is 11.9 Å². The predicted molar refractivity (Wildman–Crippen MR) is 99.1 cm³/mol. The van der Waals surface area contributed by atoms with Crippen LogP contribution in [-0.4, -0.2) is 24.5 Å². The molecule has 0 saturated carbocycles. The van der Waals surface area contributed by atoms with Crippen LogP contribution in [0.1, 0.15) is 19.7 Å². The van der Waals surface area contributed by atoms with Gasteiger partial charge in [-0.25, -0.2) is 4.98 Å². The van der Waals surface area contributed by atoms with Crippen LogP contribution in [0.3, 0.4) is 0 Å². The fourth-order valence-corrected chi connectivity index (χ4v) is 3.30. The molecule has 0 fully saturated rings. The summed E-state index contributed by atoms with van der Waals surface area (Å²) in [4.78, 5) is 29.4. The first kappa shape index (κ1) is 17.2. The topological polar surface area (TPSA) is 126 Å². The van der Waals surface area contributed by atoms with E-state index in [1.54, 1.807) is 10.6 Å². The Hall–Kier alpha value is -2.68. The number of nitrogens with zero attached hydrogens (tertiary/aromatic N) is 5. The highest BCUT2D eigenvalue weighted by molar-refractivity contribution is 7.98. The number of anilines is 2. The van der Waals surface area contributed by atoms with Crippen molar-refractivity contribution in [2.75, 3.05) is 11.5 Å². The molecule has 130 valence electrons. The van der Waals surface area contributed by atoms with Crippen LogP contribution in [0.5, 0.6) is 0 Å². The Morgan fingerprint density at radius 1 is 1.08 bits per heavy atom. The van der Waals surface area contributed by atoms with Gasteiger partial charge >= 0.3 is 0 Å².